The Bertz CT molecular complexity index is 814. The van der Waals surface area contributed by atoms with Crippen LogP contribution in [0.5, 0.6) is 5.75 Å². The zero-order chi connectivity index (χ0) is 20.1. The van der Waals surface area contributed by atoms with E-state index in [4.69, 9.17) is 9.47 Å². The van der Waals surface area contributed by atoms with Crippen molar-refractivity contribution in [1.82, 2.24) is 15.1 Å². The maximum Gasteiger partial charge on any atom is 0.253 e. The number of piperazine rings is 1. The molecule has 0 bridgehead atoms. The van der Waals surface area contributed by atoms with Gasteiger partial charge in [0, 0.05) is 44.8 Å². The van der Waals surface area contributed by atoms with Crippen molar-refractivity contribution in [3.63, 3.8) is 0 Å². The van der Waals surface area contributed by atoms with Crippen LogP contribution in [0.25, 0.3) is 0 Å². The second-order valence-electron chi connectivity index (χ2n) is 7.57. The third-order valence-electron chi connectivity index (χ3n) is 5.70. The number of morpholine rings is 1. The van der Waals surface area contributed by atoms with Gasteiger partial charge in [0.15, 0.2) is 0 Å². The summed E-state index contributed by atoms with van der Waals surface area (Å²) in [5.74, 6) is 0.884. The van der Waals surface area contributed by atoms with Crippen LogP contribution < -0.4 is 10.1 Å². The minimum absolute atomic E-state index is 0.0551. The second kappa shape index (κ2) is 9.39. The summed E-state index contributed by atoms with van der Waals surface area (Å²) in [5, 5.41) is 3.41. The number of hydrogen-bond acceptors (Lipinski definition) is 5. The lowest BCUT2D eigenvalue weighted by Gasteiger charge is -2.41. The van der Waals surface area contributed by atoms with Gasteiger partial charge < -0.3 is 19.7 Å². The summed E-state index contributed by atoms with van der Waals surface area (Å²) in [6.45, 7) is 5.05. The first-order valence-electron chi connectivity index (χ1n) is 10.3. The number of rotatable bonds is 5. The summed E-state index contributed by atoms with van der Waals surface area (Å²) >= 11 is 0. The Morgan fingerprint density at radius 3 is 2.76 bits per heavy atom. The molecule has 154 valence electrons. The molecule has 0 spiro atoms. The van der Waals surface area contributed by atoms with Crippen molar-refractivity contribution < 1.29 is 14.3 Å². The van der Waals surface area contributed by atoms with Crippen LogP contribution in [0.3, 0.4) is 0 Å². The van der Waals surface area contributed by atoms with Crippen molar-refractivity contribution in [2.45, 2.75) is 18.7 Å². The van der Waals surface area contributed by atoms with Gasteiger partial charge in [0.2, 0.25) is 0 Å². The van der Waals surface area contributed by atoms with E-state index in [0.29, 0.717) is 26.2 Å². The van der Waals surface area contributed by atoms with Crippen LogP contribution in [0.2, 0.25) is 0 Å². The van der Waals surface area contributed by atoms with Gasteiger partial charge in [-0.2, -0.15) is 0 Å². The first kappa shape index (κ1) is 19.9. The van der Waals surface area contributed by atoms with Gasteiger partial charge in [0.1, 0.15) is 11.9 Å². The van der Waals surface area contributed by atoms with E-state index >= 15 is 0 Å². The van der Waals surface area contributed by atoms with Gasteiger partial charge in [0.25, 0.3) is 5.91 Å². The predicted molar refractivity (Wildman–Crippen MR) is 112 cm³/mol. The lowest BCUT2D eigenvalue weighted by molar-refractivity contribution is -0.153. The summed E-state index contributed by atoms with van der Waals surface area (Å²) in [6, 6.07) is 18.3. The monoisotopic (exact) mass is 395 g/mol. The molecule has 2 aromatic rings. The first-order chi connectivity index (χ1) is 14.3. The Balaban J connectivity index is 1.48. The molecule has 2 aromatic carbocycles. The molecular weight excluding hydrogens is 366 g/mol. The van der Waals surface area contributed by atoms with Crippen LogP contribution in [0.15, 0.2) is 54.6 Å². The fraction of sp³-hybridized carbons (Fsp3) is 0.435. The molecule has 0 radical (unpaired) electrons. The highest BCUT2D eigenvalue weighted by atomic mass is 16.5. The van der Waals surface area contributed by atoms with Crippen molar-refractivity contribution in [3.8, 4) is 5.75 Å². The molecule has 4 rings (SSSR count). The third-order valence-corrected chi connectivity index (χ3v) is 5.70. The number of hydrogen-bond donors (Lipinski definition) is 1. The van der Waals surface area contributed by atoms with Crippen LogP contribution in [-0.2, 0) is 16.1 Å². The summed E-state index contributed by atoms with van der Waals surface area (Å²) < 4.78 is 11.5. The molecule has 2 atom stereocenters. The maximum atomic E-state index is 13.4. The highest BCUT2D eigenvalue weighted by Crippen LogP contribution is 2.31. The van der Waals surface area contributed by atoms with E-state index in [1.807, 2.05) is 35.2 Å². The minimum atomic E-state index is -0.428. The van der Waals surface area contributed by atoms with Gasteiger partial charge in [0.05, 0.1) is 19.8 Å². The number of nitrogens with zero attached hydrogens (tertiary/aromatic N) is 2. The lowest BCUT2D eigenvalue weighted by Crippen LogP contribution is -2.56. The fourth-order valence-electron chi connectivity index (χ4n) is 4.21. The second-order valence-corrected chi connectivity index (χ2v) is 7.57. The zero-order valence-electron chi connectivity index (χ0n) is 16.9. The standard InChI is InChI=1S/C23H29N3O3/c1-28-21-10-6-5-9-19(21)20-15-24-11-12-26(20)23(27)22-17-25(13-14-29-22)16-18-7-3-2-4-8-18/h2-10,20,22,24H,11-17H2,1H3. The number of methoxy groups -OCH3 is 1. The molecule has 1 amide bonds. The summed E-state index contributed by atoms with van der Waals surface area (Å²) in [7, 11) is 1.67. The van der Waals surface area contributed by atoms with Gasteiger partial charge in [-0.3, -0.25) is 9.69 Å². The van der Waals surface area contributed by atoms with E-state index in [0.717, 1.165) is 30.9 Å². The van der Waals surface area contributed by atoms with Gasteiger partial charge in [-0.15, -0.1) is 0 Å². The number of amides is 1. The van der Waals surface area contributed by atoms with Crippen LogP contribution in [0.1, 0.15) is 17.2 Å². The van der Waals surface area contributed by atoms with E-state index in [1.54, 1.807) is 7.11 Å². The number of carbonyl (C=O) groups is 1. The normalized spacial score (nSPS) is 23.0. The predicted octanol–water partition coefficient (Wildman–Crippen LogP) is 2.07. The highest BCUT2D eigenvalue weighted by Gasteiger charge is 2.36. The van der Waals surface area contributed by atoms with Crippen molar-refractivity contribution in [1.29, 1.82) is 0 Å². The van der Waals surface area contributed by atoms with E-state index in [2.05, 4.69) is 34.5 Å². The SMILES string of the molecule is COc1ccccc1C1CNCCN1C(=O)C1CN(Cc2ccccc2)CCO1. The van der Waals surface area contributed by atoms with Crippen molar-refractivity contribution in [2.75, 3.05) is 46.4 Å². The van der Waals surface area contributed by atoms with E-state index < -0.39 is 6.10 Å². The van der Waals surface area contributed by atoms with Crippen LogP contribution in [0, 0.1) is 0 Å². The highest BCUT2D eigenvalue weighted by molar-refractivity contribution is 5.82. The third kappa shape index (κ3) is 4.61. The maximum absolute atomic E-state index is 13.4. The van der Waals surface area contributed by atoms with Crippen LogP contribution in [-0.4, -0.2) is 68.3 Å². The molecule has 6 nitrogen and oxygen atoms in total. The van der Waals surface area contributed by atoms with Crippen molar-refractivity contribution in [3.05, 3.63) is 65.7 Å². The Hall–Kier alpha value is -2.41. The molecule has 2 fully saturated rings. The molecule has 0 aliphatic carbocycles. The molecule has 29 heavy (non-hydrogen) atoms. The number of nitrogens with one attached hydrogen (secondary N) is 1. The van der Waals surface area contributed by atoms with Gasteiger partial charge in [-0.1, -0.05) is 48.5 Å². The average Bonchev–Trinajstić information content (AvgIpc) is 2.79. The fourth-order valence-corrected chi connectivity index (χ4v) is 4.21. The molecule has 1 N–H and O–H groups in total. The number of para-hydroxylation sites is 1. The molecule has 2 aliphatic heterocycles. The van der Waals surface area contributed by atoms with E-state index in [1.165, 1.54) is 5.56 Å². The summed E-state index contributed by atoms with van der Waals surface area (Å²) in [6.07, 6.45) is -0.428. The Morgan fingerprint density at radius 1 is 1.14 bits per heavy atom. The summed E-state index contributed by atoms with van der Waals surface area (Å²) in [5.41, 5.74) is 2.29. The molecule has 2 saturated heterocycles. The number of ether oxygens (including phenoxy) is 2. The topological polar surface area (TPSA) is 54.0 Å². The van der Waals surface area contributed by atoms with Gasteiger partial charge >= 0.3 is 0 Å². The van der Waals surface area contributed by atoms with Crippen molar-refractivity contribution >= 4 is 5.91 Å². The zero-order valence-corrected chi connectivity index (χ0v) is 16.9. The molecule has 6 heteroatoms. The lowest BCUT2D eigenvalue weighted by atomic mass is 10.0. The Kier molecular flexibility index (Phi) is 6.44. The number of benzene rings is 2. The average molecular weight is 396 g/mol. The van der Waals surface area contributed by atoms with Gasteiger partial charge in [-0.05, 0) is 11.6 Å². The summed E-state index contributed by atoms with van der Waals surface area (Å²) in [4.78, 5) is 17.7. The van der Waals surface area contributed by atoms with Gasteiger partial charge in [-0.25, -0.2) is 0 Å². The van der Waals surface area contributed by atoms with Crippen molar-refractivity contribution in [2.24, 2.45) is 0 Å². The van der Waals surface area contributed by atoms with E-state index in [9.17, 15) is 4.79 Å². The quantitative estimate of drug-likeness (QED) is 0.840. The minimum Gasteiger partial charge on any atom is -0.496 e. The smallest absolute Gasteiger partial charge is 0.253 e. The Morgan fingerprint density at radius 2 is 1.93 bits per heavy atom. The molecule has 2 heterocycles. The molecule has 2 unspecified atom stereocenters. The number of carbonyl (C=O) groups excluding carboxylic acids is 1. The molecule has 0 aromatic heterocycles. The first-order valence-corrected chi connectivity index (χ1v) is 10.3. The largest absolute Gasteiger partial charge is 0.496 e. The molecule has 2 aliphatic rings. The van der Waals surface area contributed by atoms with Crippen LogP contribution in [0.4, 0.5) is 0 Å². The van der Waals surface area contributed by atoms with E-state index in [-0.39, 0.29) is 11.9 Å². The Labute approximate surface area is 172 Å². The molecular formula is C23H29N3O3. The molecule has 0 saturated carbocycles. The van der Waals surface area contributed by atoms with Crippen LogP contribution >= 0.6 is 0 Å².